The third kappa shape index (κ3) is 7.83. The smallest absolute Gasteiger partial charge is 0.326 e. The molecule has 9 nitrogen and oxygen atoms in total. The molecule has 0 saturated carbocycles. The highest BCUT2D eigenvalue weighted by Crippen LogP contribution is 2.32. The van der Waals surface area contributed by atoms with Crippen LogP contribution in [0.3, 0.4) is 0 Å². The third-order valence-electron chi connectivity index (χ3n) is 6.94. The quantitative estimate of drug-likeness (QED) is 0.296. The number of thiazole rings is 1. The van der Waals surface area contributed by atoms with Crippen LogP contribution in [-0.2, 0) is 32.9 Å². The number of benzene rings is 2. The molecule has 41 heavy (non-hydrogen) atoms. The molecular formula is C29H34N4O5S3. The molecule has 1 aliphatic rings. The summed E-state index contributed by atoms with van der Waals surface area (Å²) in [5.74, 6) is -0.978. The Morgan fingerprint density at radius 2 is 1.88 bits per heavy atom. The highest BCUT2D eigenvalue weighted by atomic mass is 32.2. The summed E-state index contributed by atoms with van der Waals surface area (Å²) in [4.78, 5) is 30.3. The van der Waals surface area contributed by atoms with E-state index in [9.17, 15) is 23.1 Å². The monoisotopic (exact) mass is 614 g/mol. The summed E-state index contributed by atoms with van der Waals surface area (Å²) in [7, 11) is -3.97. The summed E-state index contributed by atoms with van der Waals surface area (Å²) >= 11 is 2.90. The number of hydrogen-bond acceptors (Lipinski definition) is 7. The Labute approximate surface area is 249 Å². The van der Waals surface area contributed by atoms with Gasteiger partial charge in [-0.3, -0.25) is 9.78 Å². The van der Waals surface area contributed by atoms with Gasteiger partial charge in [0.25, 0.3) is 10.2 Å². The molecule has 2 aromatic carbocycles. The fraction of sp³-hybridized carbons (Fsp3) is 0.345. The summed E-state index contributed by atoms with van der Waals surface area (Å²) in [6, 6.07) is 15.9. The molecule has 0 aliphatic carbocycles. The van der Waals surface area contributed by atoms with E-state index in [-0.39, 0.29) is 32.6 Å². The van der Waals surface area contributed by atoms with Crippen molar-refractivity contribution < 1.29 is 23.1 Å². The maximum Gasteiger partial charge on any atom is 0.326 e. The number of rotatable bonds is 13. The number of aromatic nitrogens is 1. The Kier molecular flexibility index (Phi) is 10.7. The summed E-state index contributed by atoms with van der Waals surface area (Å²) in [6.07, 6.45) is 4.00. The van der Waals surface area contributed by atoms with Gasteiger partial charge in [-0.15, -0.1) is 11.3 Å². The number of aryl methyl sites for hydroxylation is 1. The van der Waals surface area contributed by atoms with Crippen molar-refractivity contribution in [3.05, 3.63) is 93.4 Å². The van der Waals surface area contributed by atoms with Crippen LogP contribution in [0.1, 0.15) is 34.4 Å². The molecule has 3 aromatic rings. The normalized spacial score (nSPS) is 15.2. The average Bonchev–Trinajstić information content (AvgIpc) is 3.48. The highest BCUT2D eigenvalue weighted by Gasteiger charge is 2.36. The van der Waals surface area contributed by atoms with Crippen molar-refractivity contribution in [1.29, 1.82) is 0 Å². The van der Waals surface area contributed by atoms with Gasteiger partial charge in [-0.25, -0.2) is 4.79 Å². The maximum absolute atomic E-state index is 14.2. The first-order valence-corrected chi connectivity index (χ1v) is 16.8. The first-order chi connectivity index (χ1) is 19.7. The fourth-order valence-corrected chi connectivity index (χ4v) is 7.46. The van der Waals surface area contributed by atoms with Gasteiger partial charge in [0.2, 0.25) is 5.91 Å². The first-order valence-electron chi connectivity index (χ1n) is 13.2. The fourth-order valence-electron chi connectivity index (χ4n) is 4.75. The van der Waals surface area contributed by atoms with Crippen molar-refractivity contribution in [2.45, 2.75) is 38.9 Å². The molecule has 1 amide bonds. The van der Waals surface area contributed by atoms with Crippen LogP contribution in [0, 0.1) is 6.92 Å². The van der Waals surface area contributed by atoms with Crippen molar-refractivity contribution in [1.82, 2.24) is 18.9 Å². The van der Waals surface area contributed by atoms with Gasteiger partial charge in [-0.1, -0.05) is 54.6 Å². The van der Waals surface area contributed by atoms with Crippen LogP contribution < -0.4 is 5.32 Å². The van der Waals surface area contributed by atoms with Crippen LogP contribution in [0.4, 0.5) is 0 Å². The Hall–Kier alpha value is -3.03. The number of carboxylic acid groups (broad SMARTS) is 1. The van der Waals surface area contributed by atoms with Gasteiger partial charge < -0.3 is 10.4 Å². The van der Waals surface area contributed by atoms with E-state index in [2.05, 4.69) is 10.3 Å². The average molecular weight is 615 g/mol. The van der Waals surface area contributed by atoms with Gasteiger partial charge in [0.1, 0.15) is 6.04 Å². The van der Waals surface area contributed by atoms with E-state index in [1.54, 1.807) is 11.7 Å². The predicted molar refractivity (Wildman–Crippen MR) is 164 cm³/mol. The number of nitrogens with zero attached hydrogens (tertiary/aromatic N) is 3. The Morgan fingerprint density at radius 3 is 2.54 bits per heavy atom. The molecule has 12 heteroatoms. The number of aliphatic carboxylic acids is 1. The second-order valence-electron chi connectivity index (χ2n) is 9.73. The van der Waals surface area contributed by atoms with E-state index in [4.69, 9.17) is 0 Å². The summed E-state index contributed by atoms with van der Waals surface area (Å²) in [5.41, 5.74) is 5.20. The van der Waals surface area contributed by atoms with E-state index in [0.29, 0.717) is 23.3 Å². The van der Waals surface area contributed by atoms with Crippen LogP contribution in [0.25, 0.3) is 5.57 Å². The SMILES string of the molecule is CSCCC(NC(=O)C1=C(c2ccccc2C)CN(S(=O)(=O)N(Cc2ccccc2)Cc2cncs2)CC1)C(=O)O. The van der Waals surface area contributed by atoms with Crippen molar-refractivity contribution in [2.24, 2.45) is 0 Å². The molecule has 0 radical (unpaired) electrons. The molecule has 2 heterocycles. The van der Waals surface area contributed by atoms with E-state index >= 15 is 0 Å². The predicted octanol–water partition coefficient (Wildman–Crippen LogP) is 4.18. The zero-order valence-corrected chi connectivity index (χ0v) is 25.5. The molecule has 1 atom stereocenters. The summed E-state index contributed by atoms with van der Waals surface area (Å²) in [6.45, 7) is 2.35. The number of carbonyl (C=O) groups excluding carboxylic acids is 1. The van der Waals surface area contributed by atoms with Gasteiger partial charge in [0.15, 0.2) is 0 Å². The molecular weight excluding hydrogens is 581 g/mol. The number of carboxylic acids is 1. The summed E-state index contributed by atoms with van der Waals surface area (Å²) < 4.78 is 31.2. The maximum atomic E-state index is 14.2. The summed E-state index contributed by atoms with van der Waals surface area (Å²) in [5, 5.41) is 12.4. The Bertz CT molecular complexity index is 1480. The minimum Gasteiger partial charge on any atom is -0.480 e. The molecule has 1 aromatic heterocycles. The number of nitrogens with one attached hydrogen (secondary N) is 1. The lowest BCUT2D eigenvalue weighted by atomic mass is 9.91. The zero-order chi connectivity index (χ0) is 29.4. The Morgan fingerprint density at radius 1 is 1.15 bits per heavy atom. The zero-order valence-electron chi connectivity index (χ0n) is 23.0. The number of carbonyl (C=O) groups is 2. The minimum atomic E-state index is -3.97. The van der Waals surface area contributed by atoms with Crippen LogP contribution in [-0.4, -0.2) is 70.1 Å². The van der Waals surface area contributed by atoms with Crippen LogP contribution in [0.5, 0.6) is 0 Å². The largest absolute Gasteiger partial charge is 0.480 e. The number of hydrogen-bond donors (Lipinski definition) is 2. The lowest BCUT2D eigenvalue weighted by Gasteiger charge is -2.34. The van der Waals surface area contributed by atoms with Gasteiger partial charge in [-0.05, 0) is 54.0 Å². The standard InChI is InChI=1S/C29H34N4O5S3/c1-21-8-6-7-11-24(21)26-19-32(14-12-25(26)28(34)31-27(29(35)36)13-15-39-2)41(37,38)33(18-23-16-30-20-40-23)17-22-9-4-3-5-10-22/h3-11,16,20,27H,12-15,17-19H2,1-2H3,(H,31,34)(H,35,36). The van der Waals surface area contributed by atoms with Crippen molar-refractivity contribution in [3.8, 4) is 0 Å². The van der Waals surface area contributed by atoms with Gasteiger partial charge in [0, 0.05) is 36.3 Å². The van der Waals surface area contributed by atoms with E-state index in [1.165, 1.54) is 31.7 Å². The van der Waals surface area contributed by atoms with E-state index < -0.39 is 28.1 Å². The molecule has 0 saturated heterocycles. The minimum absolute atomic E-state index is 0.00747. The molecule has 0 spiro atoms. The lowest BCUT2D eigenvalue weighted by molar-refractivity contribution is -0.141. The van der Waals surface area contributed by atoms with Crippen LogP contribution >= 0.6 is 23.1 Å². The number of thioether (sulfide) groups is 1. The van der Waals surface area contributed by atoms with Crippen LogP contribution in [0.2, 0.25) is 0 Å². The van der Waals surface area contributed by atoms with Gasteiger partial charge in [-0.2, -0.15) is 28.8 Å². The molecule has 0 fully saturated rings. The van der Waals surface area contributed by atoms with Crippen molar-refractivity contribution in [2.75, 3.05) is 25.1 Å². The highest BCUT2D eigenvalue weighted by molar-refractivity contribution is 7.98. The van der Waals surface area contributed by atoms with Gasteiger partial charge >= 0.3 is 5.97 Å². The molecule has 218 valence electrons. The number of amides is 1. The van der Waals surface area contributed by atoms with E-state index in [1.807, 2.05) is 67.8 Å². The van der Waals surface area contributed by atoms with Crippen LogP contribution in [0.15, 0.2) is 71.9 Å². The first kappa shape index (κ1) is 30.9. The molecule has 0 bridgehead atoms. The van der Waals surface area contributed by atoms with Gasteiger partial charge in [0.05, 0.1) is 12.1 Å². The molecule has 2 N–H and O–H groups in total. The van der Waals surface area contributed by atoms with E-state index in [0.717, 1.165) is 21.6 Å². The lowest BCUT2D eigenvalue weighted by Crippen LogP contribution is -2.48. The second-order valence-corrected chi connectivity index (χ2v) is 13.6. The topological polar surface area (TPSA) is 120 Å². The molecule has 1 aliphatic heterocycles. The second kappa shape index (κ2) is 14.2. The Balaban J connectivity index is 1.68. The molecule has 4 rings (SSSR count). The van der Waals surface area contributed by atoms with Crippen molar-refractivity contribution >= 4 is 50.8 Å². The molecule has 1 unspecified atom stereocenters. The third-order valence-corrected chi connectivity index (χ3v) is 10.2. The van der Waals surface area contributed by atoms with Crippen molar-refractivity contribution in [3.63, 3.8) is 0 Å².